The van der Waals surface area contributed by atoms with E-state index < -0.39 is 0 Å². The molecule has 7 nitrogen and oxygen atoms in total. The van der Waals surface area contributed by atoms with Gasteiger partial charge < -0.3 is 24.2 Å². The highest BCUT2D eigenvalue weighted by atomic mass is 35.5. The van der Waals surface area contributed by atoms with Crippen LogP contribution in [0.1, 0.15) is 62.4 Å². The number of carbonyl (C=O) groups excluding carboxylic acids is 2. The van der Waals surface area contributed by atoms with Gasteiger partial charge in [0.25, 0.3) is 5.91 Å². The van der Waals surface area contributed by atoms with Gasteiger partial charge >= 0.3 is 0 Å². The number of fused-ring (bicyclic) bond motifs is 1. The molecule has 0 bridgehead atoms. The highest BCUT2D eigenvalue weighted by Crippen LogP contribution is 2.40. The summed E-state index contributed by atoms with van der Waals surface area (Å²) in [6.45, 7) is 12.1. The summed E-state index contributed by atoms with van der Waals surface area (Å²) in [5, 5.41) is 0.544. The fourth-order valence-electron chi connectivity index (χ4n) is 4.96. The number of benzene rings is 2. The average Bonchev–Trinajstić information content (AvgIpc) is 3.04. The molecule has 2 amide bonds. The molecule has 1 heterocycles. The van der Waals surface area contributed by atoms with Gasteiger partial charge in [0.15, 0.2) is 0 Å². The Bertz CT molecular complexity index is 1090. The van der Waals surface area contributed by atoms with Crippen LogP contribution in [0.5, 0.6) is 11.5 Å². The maximum Gasteiger partial charge on any atom is 0.262 e. The molecule has 1 aliphatic heterocycles. The van der Waals surface area contributed by atoms with Gasteiger partial charge in [0.2, 0.25) is 5.91 Å². The Morgan fingerprint density at radius 3 is 2.43 bits per heavy atom. The number of nitrogens with zero attached hydrogens (tertiary/aromatic N) is 3. The summed E-state index contributed by atoms with van der Waals surface area (Å²) in [5.74, 6) is 0.588. The molecule has 2 aromatic rings. The second-order valence-corrected chi connectivity index (χ2v) is 9.88. The lowest BCUT2D eigenvalue weighted by Crippen LogP contribution is -2.39. The van der Waals surface area contributed by atoms with Gasteiger partial charge in [-0.05, 0) is 75.7 Å². The van der Waals surface area contributed by atoms with Crippen LogP contribution in [0, 0.1) is 0 Å². The molecule has 0 radical (unpaired) electrons. The Kier molecular flexibility index (Phi) is 10.2. The van der Waals surface area contributed by atoms with E-state index >= 15 is 0 Å². The van der Waals surface area contributed by atoms with Crippen LogP contribution < -0.4 is 14.4 Å². The van der Waals surface area contributed by atoms with Crippen LogP contribution in [0.15, 0.2) is 36.4 Å². The molecule has 0 N–H and O–H groups in total. The van der Waals surface area contributed by atoms with E-state index in [1.165, 1.54) is 0 Å². The summed E-state index contributed by atoms with van der Waals surface area (Å²) in [4.78, 5) is 33.6. The first kappa shape index (κ1) is 28.8. The van der Waals surface area contributed by atoms with Crippen molar-refractivity contribution in [3.63, 3.8) is 0 Å². The van der Waals surface area contributed by atoms with Crippen LogP contribution in [0.25, 0.3) is 0 Å². The highest BCUT2D eigenvalue weighted by molar-refractivity contribution is 6.30. The van der Waals surface area contributed by atoms with Gasteiger partial charge in [-0.1, -0.05) is 25.4 Å². The zero-order valence-corrected chi connectivity index (χ0v) is 23.7. The molecule has 0 fully saturated rings. The van der Waals surface area contributed by atoms with Crippen LogP contribution in [0.3, 0.4) is 0 Å². The predicted molar refractivity (Wildman–Crippen MR) is 149 cm³/mol. The van der Waals surface area contributed by atoms with E-state index in [-0.39, 0.29) is 23.8 Å². The quantitative estimate of drug-likeness (QED) is 0.409. The lowest BCUT2D eigenvalue weighted by atomic mass is 9.92. The number of hydrogen-bond acceptors (Lipinski definition) is 5. The largest absolute Gasteiger partial charge is 0.496 e. The molecule has 0 aromatic heterocycles. The van der Waals surface area contributed by atoms with E-state index in [2.05, 4.69) is 18.7 Å². The van der Waals surface area contributed by atoms with Crippen molar-refractivity contribution in [2.45, 2.75) is 52.5 Å². The number of methoxy groups -OCH3 is 1. The van der Waals surface area contributed by atoms with Crippen molar-refractivity contribution in [1.82, 2.24) is 9.80 Å². The molecule has 8 heteroatoms. The van der Waals surface area contributed by atoms with E-state index in [1.54, 1.807) is 36.3 Å². The monoisotopic (exact) mass is 529 g/mol. The summed E-state index contributed by atoms with van der Waals surface area (Å²) < 4.78 is 11.1. The maximum absolute atomic E-state index is 14.0. The molecular formula is C29H40ClN3O4. The van der Waals surface area contributed by atoms with Gasteiger partial charge in [-0.2, -0.15) is 0 Å². The molecule has 2 aromatic carbocycles. The van der Waals surface area contributed by atoms with Gasteiger partial charge in [-0.3, -0.25) is 9.59 Å². The second kappa shape index (κ2) is 13.2. The number of amides is 2. The molecular weight excluding hydrogens is 490 g/mol. The minimum Gasteiger partial charge on any atom is -0.496 e. The number of rotatable bonds is 10. The SMILES string of the molecule is CCOc1ccc(C(=O)N2c3ccc(Cl)cc3C(C(=O)N(C)CCN(CC)CC)CCC2C)c(OC)c1. The first-order valence-electron chi connectivity index (χ1n) is 13.2. The first-order chi connectivity index (χ1) is 17.7. The first-order valence-corrected chi connectivity index (χ1v) is 13.5. The lowest BCUT2D eigenvalue weighted by Gasteiger charge is -2.30. The Labute approximate surface area is 226 Å². The lowest BCUT2D eigenvalue weighted by molar-refractivity contribution is -0.131. The summed E-state index contributed by atoms with van der Waals surface area (Å²) in [5.41, 5.74) is 1.94. The summed E-state index contributed by atoms with van der Waals surface area (Å²) in [7, 11) is 3.41. The number of carbonyl (C=O) groups is 2. The Morgan fingerprint density at radius 2 is 1.78 bits per heavy atom. The summed E-state index contributed by atoms with van der Waals surface area (Å²) in [6.07, 6.45) is 1.31. The van der Waals surface area contributed by atoms with E-state index in [0.717, 1.165) is 25.2 Å². The summed E-state index contributed by atoms with van der Waals surface area (Å²) in [6, 6.07) is 10.6. The van der Waals surface area contributed by atoms with Crippen molar-refractivity contribution < 1.29 is 19.1 Å². The molecule has 0 spiro atoms. The predicted octanol–water partition coefficient (Wildman–Crippen LogP) is 5.46. The van der Waals surface area contributed by atoms with E-state index in [9.17, 15) is 9.59 Å². The third kappa shape index (κ3) is 6.57. The van der Waals surface area contributed by atoms with Gasteiger partial charge in [-0.25, -0.2) is 0 Å². The minimum absolute atomic E-state index is 0.0517. The molecule has 37 heavy (non-hydrogen) atoms. The van der Waals surface area contributed by atoms with Gasteiger partial charge in [0, 0.05) is 43.0 Å². The molecule has 1 aliphatic rings. The maximum atomic E-state index is 14.0. The topological polar surface area (TPSA) is 62.3 Å². The highest BCUT2D eigenvalue weighted by Gasteiger charge is 2.36. The zero-order valence-electron chi connectivity index (χ0n) is 22.9. The molecule has 0 aliphatic carbocycles. The van der Waals surface area contributed by atoms with Crippen LogP contribution in [-0.4, -0.2) is 74.6 Å². The third-order valence-electron chi connectivity index (χ3n) is 7.19. The van der Waals surface area contributed by atoms with Gasteiger partial charge in [-0.15, -0.1) is 0 Å². The van der Waals surface area contributed by atoms with E-state index in [4.69, 9.17) is 21.1 Å². The zero-order chi connectivity index (χ0) is 27.1. The molecule has 0 saturated heterocycles. The van der Waals surface area contributed by atoms with Gasteiger partial charge in [0.05, 0.1) is 25.2 Å². The number of hydrogen-bond donors (Lipinski definition) is 0. The number of halogens is 1. The van der Waals surface area contributed by atoms with Crippen LogP contribution in [0.2, 0.25) is 5.02 Å². The second-order valence-electron chi connectivity index (χ2n) is 9.44. The van der Waals surface area contributed by atoms with Crippen LogP contribution in [-0.2, 0) is 4.79 Å². The smallest absolute Gasteiger partial charge is 0.262 e. The van der Waals surface area contributed by atoms with E-state index in [0.29, 0.717) is 53.8 Å². The molecule has 2 atom stereocenters. The van der Waals surface area contributed by atoms with Crippen molar-refractivity contribution in [2.24, 2.45) is 0 Å². The molecule has 2 unspecified atom stereocenters. The van der Waals surface area contributed by atoms with Crippen LogP contribution in [0.4, 0.5) is 5.69 Å². The Morgan fingerprint density at radius 1 is 1.05 bits per heavy atom. The minimum atomic E-state index is -0.377. The van der Waals surface area contributed by atoms with Crippen molar-refractivity contribution in [3.8, 4) is 11.5 Å². The van der Waals surface area contributed by atoms with Crippen molar-refractivity contribution in [1.29, 1.82) is 0 Å². The fourth-order valence-corrected chi connectivity index (χ4v) is 5.14. The van der Waals surface area contributed by atoms with Crippen molar-refractivity contribution >= 4 is 29.1 Å². The van der Waals surface area contributed by atoms with Crippen molar-refractivity contribution in [2.75, 3.05) is 51.8 Å². The van der Waals surface area contributed by atoms with E-state index in [1.807, 2.05) is 37.9 Å². The van der Waals surface area contributed by atoms with Crippen LogP contribution >= 0.6 is 11.6 Å². The number of anilines is 1. The molecule has 3 rings (SSSR count). The van der Waals surface area contributed by atoms with Gasteiger partial charge in [0.1, 0.15) is 11.5 Å². The molecule has 0 saturated carbocycles. The Hall–Kier alpha value is -2.77. The Balaban J connectivity index is 1.97. The fraction of sp³-hybridized carbons (Fsp3) is 0.517. The standard InChI is InChI=1S/C29H40ClN3O4/c1-7-32(8-2)17-16-31(5)28(34)23-13-10-20(4)33(26-15-11-21(30)18-25(23)26)29(35)24-14-12-22(37-9-3)19-27(24)36-6/h11-12,14-15,18-20,23H,7-10,13,16-17H2,1-6H3. The third-order valence-corrected chi connectivity index (χ3v) is 7.43. The number of ether oxygens (including phenoxy) is 2. The van der Waals surface area contributed by atoms with Crippen molar-refractivity contribution in [3.05, 3.63) is 52.5 Å². The normalized spacial score (nSPS) is 17.2. The average molecular weight is 530 g/mol. The number of likely N-dealkylation sites (N-methyl/N-ethyl adjacent to an activating group) is 2. The molecule has 202 valence electrons. The summed E-state index contributed by atoms with van der Waals surface area (Å²) >= 11 is 6.43.